The fourth-order valence-corrected chi connectivity index (χ4v) is 5.69. The molecule has 0 bridgehead atoms. The molecule has 1 saturated heterocycles. The van der Waals surface area contributed by atoms with Crippen LogP contribution in [-0.4, -0.2) is 52.1 Å². The Balaban J connectivity index is 1.62. The zero-order valence-corrected chi connectivity index (χ0v) is 19.3. The molecule has 176 valence electrons. The molecule has 1 aromatic heterocycles. The number of halogens is 1. The van der Waals surface area contributed by atoms with Gasteiger partial charge in [0.25, 0.3) is 5.56 Å². The molecule has 3 aromatic rings. The standard InChI is InChI=1S/C27H28FN3O3/c1-29(2)27(34)25-21(16-32)20-15-30-23(13-12-19(26(30)33)17-8-4-3-5-9-17)24(20)31(25)14-18-10-6-7-11-22(18)28/h3-13,20-21,24-25,32H,14-16H2,1-2H3/t20-,21-,24+,25-/m0/s1. The minimum atomic E-state index is -0.604. The van der Waals surface area contributed by atoms with E-state index in [2.05, 4.69) is 0 Å². The number of aromatic nitrogens is 1. The number of hydrogen-bond acceptors (Lipinski definition) is 4. The van der Waals surface area contributed by atoms with Crippen molar-refractivity contribution in [2.45, 2.75) is 25.2 Å². The summed E-state index contributed by atoms with van der Waals surface area (Å²) in [5.74, 6) is -0.965. The van der Waals surface area contributed by atoms with Crippen molar-refractivity contribution in [2.75, 3.05) is 20.7 Å². The average Bonchev–Trinajstić information content (AvgIpc) is 3.36. The van der Waals surface area contributed by atoms with Gasteiger partial charge < -0.3 is 14.6 Å². The summed E-state index contributed by atoms with van der Waals surface area (Å²) >= 11 is 0. The lowest BCUT2D eigenvalue weighted by Crippen LogP contribution is -2.47. The molecule has 0 aliphatic carbocycles. The van der Waals surface area contributed by atoms with Crippen molar-refractivity contribution in [1.29, 1.82) is 0 Å². The highest BCUT2D eigenvalue weighted by atomic mass is 19.1. The van der Waals surface area contributed by atoms with Gasteiger partial charge in [-0.3, -0.25) is 14.5 Å². The van der Waals surface area contributed by atoms with Crippen molar-refractivity contribution in [3.05, 3.63) is 94.2 Å². The topological polar surface area (TPSA) is 65.8 Å². The maximum absolute atomic E-state index is 14.6. The zero-order valence-electron chi connectivity index (χ0n) is 19.3. The number of rotatable bonds is 5. The number of nitrogens with zero attached hydrogens (tertiary/aromatic N) is 3. The van der Waals surface area contributed by atoms with Gasteiger partial charge in [-0.25, -0.2) is 4.39 Å². The highest BCUT2D eigenvalue weighted by molar-refractivity contribution is 5.82. The molecule has 5 rings (SSSR count). The Morgan fingerprint density at radius 1 is 1.06 bits per heavy atom. The summed E-state index contributed by atoms with van der Waals surface area (Å²) < 4.78 is 16.4. The highest BCUT2D eigenvalue weighted by Crippen LogP contribution is 2.50. The molecule has 3 heterocycles. The summed E-state index contributed by atoms with van der Waals surface area (Å²) in [6.45, 7) is 0.437. The Morgan fingerprint density at radius 3 is 2.44 bits per heavy atom. The maximum Gasteiger partial charge on any atom is 0.258 e. The Morgan fingerprint density at radius 2 is 1.76 bits per heavy atom. The summed E-state index contributed by atoms with van der Waals surface area (Å²) in [6.07, 6.45) is 0. The number of amides is 1. The minimum Gasteiger partial charge on any atom is -0.396 e. The van der Waals surface area contributed by atoms with Gasteiger partial charge in [-0.1, -0.05) is 48.5 Å². The van der Waals surface area contributed by atoms with Gasteiger partial charge in [0.1, 0.15) is 5.82 Å². The summed E-state index contributed by atoms with van der Waals surface area (Å²) in [5, 5.41) is 10.4. The van der Waals surface area contributed by atoms with Gasteiger partial charge >= 0.3 is 0 Å². The number of fused-ring (bicyclic) bond motifs is 3. The predicted molar refractivity (Wildman–Crippen MR) is 127 cm³/mol. The molecular weight excluding hydrogens is 433 g/mol. The third-order valence-corrected chi connectivity index (χ3v) is 7.28. The monoisotopic (exact) mass is 461 g/mol. The third kappa shape index (κ3) is 3.56. The zero-order chi connectivity index (χ0) is 24.0. The first-order valence-corrected chi connectivity index (χ1v) is 11.5. The van der Waals surface area contributed by atoms with Crippen molar-refractivity contribution in [3.8, 4) is 11.1 Å². The van der Waals surface area contributed by atoms with Gasteiger partial charge in [-0.2, -0.15) is 0 Å². The summed E-state index contributed by atoms with van der Waals surface area (Å²) in [6, 6.07) is 19.0. The number of benzene rings is 2. The molecule has 4 atom stereocenters. The van der Waals surface area contributed by atoms with Crippen molar-refractivity contribution in [3.63, 3.8) is 0 Å². The lowest BCUT2D eigenvalue weighted by Gasteiger charge is -2.32. The van der Waals surface area contributed by atoms with Crippen LogP contribution in [0.1, 0.15) is 17.3 Å². The fourth-order valence-electron chi connectivity index (χ4n) is 5.69. The first-order chi connectivity index (χ1) is 16.4. The van der Waals surface area contributed by atoms with Crippen molar-refractivity contribution in [1.82, 2.24) is 14.4 Å². The van der Waals surface area contributed by atoms with Crippen LogP contribution in [0.15, 0.2) is 71.5 Å². The Bertz CT molecular complexity index is 1270. The number of likely N-dealkylation sites (tertiary alicyclic amines) is 1. The first kappa shape index (κ1) is 22.5. The minimum absolute atomic E-state index is 0.0869. The van der Waals surface area contributed by atoms with E-state index in [9.17, 15) is 19.1 Å². The second-order valence-corrected chi connectivity index (χ2v) is 9.35. The van der Waals surface area contributed by atoms with E-state index in [4.69, 9.17) is 0 Å². The predicted octanol–water partition coefficient (Wildman–Crippen LogP) is 2.91. The second kappa shape index (κ2) is 8.81. The van der Waals surface area contributed by atoms with Gasteiger partial charge in [-0.15, -0.1) is 0 Å². The molecular formula is C27H28FN3O3. The van der Waals surface area contributed by atoms with Crippen LogP contribution < -0.4 is 5.56 Å². The quantitative estimate of drug-likeness (QED) is 0.635. The lowest BCUT2D eigenvalue weighted by atomic mass is 9.88. The lowest BCUT2D eigenvalue weighted by molar-refractivity contribution is -0.136. The molecule has 1 amide bonds. The Labute approximate surface area is 197 Å². The highest BCUT2D eigenvalue weighted by Gasteiger charge is 2.55. The summed E-state index contributed by atoms with van der Waals surface area (Å²) in [7, 11) is 3.38. The molecule has 6 nitrogen and oxygen atoms in total. The molecule has 1 fully saturated rings. The maximum atomic E-state index is 14.6. The van der Waals surface area contributed by atoms with Crippen LogP contribution in [0.5, 0.6) is 0 Å². The number of carbonyl (C=O) groups excluding carboxylic acids is 1. The number of aliphatic hydroxyl groups is 1. The SMILES string of the molecule is CN(C)C(=O)[C@@H]1[C@@H](CO)[C@@H]2Cn3c(ccc(-c4ccccc4)c3=O)[C@@H]2N1Cc1ccccc1F. The van der Waals surface area contributed by atoms with Crippen molar-refractivity contribution in [2.24, 2.45) is 11.8 Å². The van der Waals surface area contributed by atoms with E-state index < -0.39 is 6.04 Å². The molecule has 0 unspecified atom stereocenters. The van der Waals surface area contributed by atoms with E-state index in [-0.39, 0.29) is 48.3 Å². The van der Waals surface area contributed by atoms with E-state index in [0.29, 0.717) is 17.7 Å². The van der Waals surface area contributed by atoms with Crippen molar-refractivity contribution >= 4 is 5.91 Å². The van der Waals surface area contributed by atoms with Crippen molar-refractivity contribution < 1.29 is 14.3 Å². The van der Waals surface area contributed by atoms with Gasteiger partial charge in [0, 0.05) is 62.4 Å². The molecule has 0 saturated carbocycles. The number of pyridine rings is 1. The van der Waals surface area contributed by atoms with Crippen LogP contribution >= 0.6 is 0 Å². The van der Waals surface area contributed by atoms with Gasteiger partial charge in [-0.05, 0) is 23.8 Å². The number of aliphatic hydroxyl groups excluding tert-OH is 1. The normalized spacial score (nSPS) is 23.5. The second-order valence-electron chi connectivity index (χ2n) is 9.35. The van der Waals surface area contributed by atoms with E-state index in [1.54, 1.807) is 36.9 Å². The van der Waals surface area contributed by atoms with Gasteiger partial charge in [0.2, 0.25) is 5.91 Å². The molecule has 1 N–H and O–H groups in total. The number of likely N-dealkylation sites (N-methyl/N-ethyl adjacent to an activating group) is 1. The van der Waals surface area contributed by atoms with Crippen LogP contribution in [0.25, 0.3) is 11.1 Å². The molecule has 0 radical (unpaired) electrons. The fraction of sp³-hybridized carbons (Fsp3) is 0.333. The third-order valence-electron chi connectivity index (χ3n) is 7.28. The largest absolute Gasteiger partial charge is 0.396 e. The average molecular weight is 462 g/mol. The first-order valence-electron chi connectivity index (χ1n) is 11.5. The number of hydrogen-bond donors (Lipinski definition) is 1. The summed E-state index contributed by atoms with van der Waals surface area (Å²) in [5.41, 5.74) is 2.67. The summed E-state index contributed by atoms with van der Waals surface area (Å²) in [4.78, 5) is 30.2. The van der Waals surface area contributed by atoms with Crippen LogP contribution in [0.3, 0.4) is 0 Å². The van der Waals surface area contributed by atoms with E-state index in [1.807, 2.05) is 47.4 Å². The van der Waals surface area contributed by atoms with Gasteiger partial charge in [0.15, 0.2) is 0 Å². The van der Waals surface area contributed by atoms with E-state index >= 15 is 0 Å². The van der Waals surface area contributed by atoms with E-state index in [0.717, 1.165) is 11.3 Å². The molecule has 7 heteroatoms. The van der Waals surface area contributed by atoms with Crippen LogP contribution in [0.2, 0.25) is 0 Å². The Kier molecular flexibility index (Phi) is 5.83. The smallest absolute Gasteiger partial charge is 0.258 e. The van der Waals surface area contributed by atoms with Crippen LogP contribution in [0, 0.1) is 17.7 Å². The van der Waals surface area contributed by atoms with Crippen LogP contribution in [0.4, 0.5) is 4.39 Å². The number of carbonyl (C=O) groups is 1. The van der Waals surface area contributed by atoms with E-state index in [1.165, 1.54) is 11.0 Å². The Hall–Kier alpha value is -3.29. The molecule has 34 heavy (non-hydrogen) atoms. The van der Waals surface area contributed by atoms with Crippen LogP contribution in [-0.2, 0) is 17.9 Å². The molecule has 0 spiro atoms. The molecule has 2 aliphatic rings. The molecule has 2 aliphatic heterocycles. The van der Waals surface area contributed by atoms with Gasteiger partial charge in [0.05, 0.1) is 12.1 Å². The molecule has 2 aromatic carbocycles.